The molecule has 2 saturated heterocycles. The molecule has 0 spiro atoms. The van der Waals surface area contributed by atoms with Crippen LogP contribution in [0.3, 0.4) is 0 Å². The summed E-state index contributed by atoms with van der Waals surface area (Å²) in [7, 11) is 2.92. The lowest BCUT2D eigenvalue weighted by Gasteiger charge is -2.47. The number of carbonyl (C=O) groups is 3. The Labute approximate surface area is 183 Å². The topological polar surface area (TPSA) is 225 Å². The maximum atomic E-state index is 12.4. The van der Waals surface area contributed by atoms with E-state index in [1.54, 1.807) is 7.05 Å². The number of likely N-dealkylation sites (N-methyl/N-ethyl adjacent to an activating group) is 2. The number of likely N-dealkylation sites (tertiary alicyclic amines) is 1. The highest BCUT2D eigenvalue weighted by atomic mass is 16.6. The molecule has 3 aliphatic heterocycles. The van der Waals surface area contributed by atoms with Crippen LogP contribution < -0.4 is 22.1 Å². The quantitative estimate of drug-likeness (QED) is 0.205. The van der Waals surface area contributed by atoms with Gasteiger partial charge in [0.15, 0.2) is 24.3 Å². The largest absolute Gasteiger partial charge is 0.441 e. The summed E-state index contributed by atoms with van der Waals surface area (Å²) in [4.78, 5) is 42.7. The summed E-state index contributed by atoms with van der Waals surface area (Å²) in [5.74, 6) is -0.749. The van der Waals surface area contributed by atoms with Gasteiger partial charge in [-0.05, 0) is 0 Å². The average Bonchev–Trinajstić information content (AvgIpc) is 3.17. The summed E-state index contributed by atoms with van der Waals surface area (Å²) in [6.07, 6.45) is -7.31. The van der Waals surface area contributed by atoms with Crippen molar-refractivity contribution in [1.82, 2.24) is 20.4 Å². The van der Waals surface area contributed by atoms with Gasteiger partial charge in [0.05, 0.1) is 25.3 Å². The Morgan fingerprint density at radius 1 is 1.44 bits per heavy atom. The molecule has 2 fully saturated rings. The zero-order valence-corrected chi connectivity index (χ0v) is 17.6. The van der Waals surface area contributed by atoms with Crippen LogP contribution in [0.2, 0.25) is 0 Å². The first-order valence-electron chi connectivity index (χ1n) is 9.99. The van der Waals surface area contributed by atoms with Crippen molar-refractivity contribution >= 4 is 23.9 Å². The normalized spacial score (nSPS) is 36.6. The number of hydrogen-bond acceptors (Lipinski definition) is 12. The number of hydrogen-bond donors (Lipinski definition) is 7. The molecule has 3 amide bonds. The number of fused-ring (bicyclic) bond motifs is 1. The fourth-order valence-corrected chi connectivity index (χ4v) is 4.16. The minimum absolute atomic E-state index is 0.0875. The summed E-state index contributed by atoms with van der Waals surface area (Å²) < 4.78 is 10.7. The first-order valence-corrected chi connectivity index (χ1v) is 9.99. The van der Waals surface area contributed by atoms with Gasteiger partial charge >= 0.3 is 6.09 Å². The number of aliphatic hydroxyl groups is 3. The maximum absolute atomic E-state index is 12.4. The van der Waals surface area contributed by atoms with Gasteiger partial charge in [-0.1, -0.05) is 0 Å². The highest BCUT2D eigenvalue weighted by molar-refractivity contribution is 5.92. The number of guanidine groups is 1. The van der Waals surface area contributed by atoms with Crippen LogP contribution in [0.5, 0.6) is 0 Å². The van der Waals surface area contributed by atoms with Crippen LogP contribution in [-0.2, 0) is 19.1 Å². The lowest BCUT2D eigenvalue weighted by atomic mass is 9.94. The molecule has 15 heteroatoms. The van der Waals surface area contributed by atoms with E-state index < -0.39 is 67.4 Å². The average molecular weight is 459 g/mol. The molecule has 3 aliphatic rings. The molecule has 9 N–H and O–H groups in total. The van der Waals surface area contributed by atoms with Crippen molar-refractivity contribution in [2.45, 2.75) is 48.8 Å². The highest BCUT2D eigenvalue weighted by Crippen LogP contribution is 2.27. The SMILES string of the molecule is CN1C[C@@H](O)[C@H]2NC(N[C@@H]3O[C@H](CO)[C@H](OC(N)=O)[C@H](O)[C@H]3N(C)C(=O)CN)=N[C@@H]2C1=O. The molecule has 0 aromatic heterocycles. The van der Waals surface area contributed by atoms with E-state index in [0.29, 0.717) is 0 Å². The van der Waals surface area contributed by atoms with Crippen LogP contribution in [0.15, 0.2) is 4.99 Å². The van der Waals surface area contributed by atoms with E-state index in [2.05, 4.69) is 15.6 Å². The van der Waals surface area contributed by atoms with Crippen LogP contribution in [-0.4, -0.2) is 132 Å². The van der Waals surface area contributed by atoms with Gasteiger partial charge in [-0.2, -0.15) is 0 Å². The molecule has 0 aromatic rings. The minimum atomic E-state index is -1.52. The Morgan fingerprint density at radius 2 is 2.12 bits per heavy atom. The van der Waals surface area contributed by atoms with E-state index in [1.807, 2.05) is 0 Å². The zero-order chi connectivity index (χ0) is 23.7. The van der Waals surface area contributed by atoms with E-state index in [0.717, 1.165) is 4.90 Å². The van der Waals surface area contributed by atoms with Gasteiger partial charge in [0.1, 0.15) is 18.2 Å². The van der Waals surface area contributed by atoms with Crippen molar-refractivity contribution < 1.29 is 39.2 Å². The predicted octanol–water partition coefficient (Wildman–Crippen LogP) is -5.57. The number of rotatable bonds is 5. The molecule has 0 bridgehead atoms. The van der Waals surface area contributed by atoms with Crippen LogP contribution in [0.25, 0.3) is 0 Å². The Kier molecular flexibility index (Phi) is 7.04. The fraction of sp³-hybridized carbons (Fsp3) is 0.765. The van der Waals surface area contributed by atoms with Crippen molar-refractivity contribution in [1.29, 1.82) is 0 Å². The molecular weight excluding hydrogens is 430 g/mol. The van der Waals surface area contributed by atoms with Crippen molar-refractivity contribution in [2.75, 3.05) is 33.8 Å². The van der Waals surface area contributed by atoms with Crippen LogP contribution in [0.4, 0.5) is 4.79 Å². The standard InChI is InChI=1S/C17H29N7O8/c1-23-4-6(26)9-10(15(23)29)21-17(20-9)22-14-11(24(2)8(27)3-18)12(28)13(32-16(19)30)7(5-25)31-14/h6-7,9-14,25-26,28H,3-5,18H2,1-2H3,(H2,19,30)(H2,20,21,22)/t6-,7-,9-,10+,11-,12-,13+,14-/m1/s1. The third-order valence-electron chi connectivity index (χ3n) is 5.83. The first kappa shape index (κ1) is 23.9. The Morgan fingerprint density at radius 3 is 2.72 bits per heavy atom. The number of aliphatic imine (C=N–C) groups is 1. The van der Waals surface area contributed by atoms with Crippen molar-refractivity contribution in [3.05, 3.63) is 0 Å². The molecule has 15 nitrogen and oxygen atoms in total. The number of nitrogens with one attached hydrogen (secondary N) is 2. The number of β-amino-alcohol motifs (C(OH)–C–C–N with tert-alkyl or cyclic N) is 1. The van der Waals surface area contributed by atoms with Gasteiger partial charge in [0.2, 0.25) is 11.8 Å². The van der Waals surface area contributed by atoms with Gasteiger partial charge in [-0.15, -0.1) is 0 Å². The monoisotopic (exact) mass is 459 g/mol. The maximum Gasteiger partial charge on any atom is 0.404 e. The van der Waals surface area contributed by atoms with E-state index in [9.17, 15) is 29.7 Å². The number of primary amides is 1. The number of nitrogens with zero attached hydrogens (tertiary/aromatic N) is 3. The minimum Gasteiger partial charge on any atom is -0.441 e. The summed E-state index contributed by atoms with van der Waals surface area (Å²) in [5, 5.41) is 36.7. The number of carbonyl (C=O) groups excluding carboxylic acids is 3. The number of aliphatic hydroxyl groups excluding tert-OH is 3. The second kappa shape index (κ2) is 9.41. The summed E-state index contributed by atoms with van der Waals surface area (Å²) in [6.45, 7) is -0.876. The Bertz CT molecular complexity index is 782. The first-order chi connectivity index (χ1) is 15.1. The van der Waals surface area contributed by atoms with Crippen LogP contribution >= 0.6 is 0 Å². The molecule has 0 radical (unpaired) electrons. The molecular formula is C17H29N7O8. The summed E-state index contributed by atoms with van der Waals surface area (Å²) in [5.41, 5.74) is 10.5. The molecule has 180 valence electrons. The molecule has 0 unspecified atom stereocenters. The third kappa shape index (κ3) is 4.42. The van der Waals surface area contributed by atoms with Crippen LogP contribution in [0.1, 0.15) is 0 Å². The van der Waals surface area contributed by atoms with E-state index in [-0.39, 0.29) is 25.0 Å². The smallest absolute Gasteiger partial charge is 0.404 e. The number of piperidine rings is 1. The molecule has 0 saturated carbocycles. The van der Waals surface area contributed by atoms with Gasteiger partial charge in [0, 0.05) is 20.6 Å². The second-order valence-electron chi connectivity index (χ2n) is 7.89. The summed E-state index contributed by atoms with van der Waals surface area (Å²) >= 11 is 0. The molecule has 32 heavy (non-hydrogen) atoms. The number of amides is 3. The number of nitrogens with two attached hydrogens (primary N) is 2. The van der Waals surface area contributed by atoms with E-state index >= 15 is 0 Å². The lowest BCUT2D eigenvalue weighted by Crippen LogP contribution is -2.70. The molecule has 3 rings (SSSR count). The fourth-order valence-electron chi connectivity index (χ4n) is 4.16. The Hall–Kier alpha value is -2.72. The highest BCUT2D eigenvalue weighted by Gasteiger charge is 2.51. The van der Waals surface area contributed by atoms with Gasteiger partial charge in [-0.25, -0.2) is 9.79 Å². The molecule has 8 atom stereocenters. The van der Waals surface area contributed by atoms with Crippen molar-refractivity contribution in [3.8, 4) is 0 Å². The summed E-state index contributed by atoms with van der Waals surface area (Å²) in [6, 6.07) is -2.69. The molecule has 0 aliphatic carbocycles. The van der Waals surface area contributed by atoms with Crippen molar-refractivity contribution in [2.24, 2.45) is 16.5 Å². The Balaban J connectivity index is 1.86. The van der Waals surface area contributed by atoms with Crippen LogP contribution in [0, 0.1) is 0 Å². The van der Waals surface area contributed by atoms with Gasteiger partial charge < -0.3 is 56.7 Å². The third-order valence-corrected chi connectivity index (χ3v) is 5.83. The molecule has 0 aromatic carbocycles. The lowest BCUT2D eigenvalue weighted by molar-refractivity contribution is -0.214. The van der Waals surface area contributed by atoms with Crippen molar-refractivity contribution in [3.63, 3.8) is 0 Å². The molecule has 3 heterocycles. The van der Waals surface area contributed by atoms with E-state index in [4.69, 9.17) is 20.9 Å². The number of ether oxygens (including phenoxy) is 2. The predicted molar refractivity (Wildman–Crippen MR) is 107 cm³/mol. The zero-order valence-electron chi connectivity index (χ0n) is 17.6. The van der Waals surface area contributed by atoms with Gasteiger partial charge in [0.25, 0.3) is 0 Å². The van der Waals surface area contributed by atoms with Gasteiger partial charge in [-0.3, -0.25) is 9.59 Å². The second-order valence-corrected chi connectivity index (χ2v) is 7.89. The van der Waals surface area contributed by atoms with E-state index in [1.165, 1.54) is 11.9 Å².